The number of nitrogens with one attached hydrogen (secondary N) is 1. The van der Waals surface area contributed by atoms with Crippen molar-refractivity contribution in [3.8, 4) is 0 Å². The van der Waals surface area contributed by atoms with E-state index in [4.69, 9.17) is 0 Å². The first kappa shape index (κ1) is 16.0. The van der Waals surface area contributed by atoms with Crippen LogP contribution in [0.15, 0.2) is 53.5 Å². The summed E-state index contributed by atoms with van der Waals surface area (Å²) in [7, 11) is 1.63. The van der Waals surface area contributed by atoms with Crippen LogP contribution in [0.1, 0.15) is 35.4 Å². The van der Waals surface area contributed by atoms with Gasteiger partial charge in [0.1, 0.15) is 0 Å². The average molecular weight is 300 g/mol. The second-order valence-corrected chi connectivity index (χ2v) is 5.40. The van der Waals surface area contributed by atoms with Crippen molar-refractivity contribution in [1.82, 2.24) is 9.88 Å². The molecule has 5 heteroatoms. The van der Waals surface area contributed by atoms with E-state index >= 15 is 0 Å². The second kappa shape index (κ2) is 7.04. The van der Waals surface area contributed by atoms with Gasteiger partial charge in [-0.15, -0.1) is 0 Å². The lowest BCUT2D eigenvalue weighted by molar-refractivity contribution is 0.0916. The van der Waals surface area contributed by atoms with Crippen molar-refractivity contribution in [2.75, 3.05) is 0 Å². The van der Waals surface area contributed by atoms with E-state index in [1.807, 2.05) is 37.3 Å². The summed E-state index contributed by atoms with van der Waals surface area (Å²) in [5, 5.41) is 12.9. The first-order chi connectivity index (χ1) is 10.5. The van der Waals surface area contributed by atoms with E-state index in [9.17, 15) is 14.7 Å². The van der Waals surface area contributed by atoms with E-state index in [-0.39, 0.29) is 17.5 Å². The maximum atomic E-state index is 12.1. The summed E-state index contributed by atoms with van der Waals surface area (Å²) in [5.74, 6) is -0.314. The summed E-state index contributed by atoms with van der Waals surface area (Å²) in [6.07, 6.45) is 1.32. The van der Waals surface area contributed by atoms with Gasteiger partial charge in [-0.05, 0) is 25.0 Å². The molecule has 1 amide bonds. The van der Waals surface area contributed by atoms with Crippen molar-refractivity contribution in [3.63, 3.8) is 0 Å². The molecule has 0 spiro atoms. The largest absolute Gasteiger partial charge is 0.388 e. The third kappa shape index (κ3) is 4.05. The number of carbonyl (C=O) groups excluding carboxylic acids is 1. The highest BCUT2D eigenvalue weighted by Crippen LogP contribution is 2.17. The highest BCUT2D eigenvalue weighted by molar-refractivity contribution is 5.94. The minimum absolute atomic E-state index is 0.216. The molecule has 2 rings (SSSR count). The lowest BCUT2D eigenvalue weighted by atomic mass is 10.0. The summed E-state index contributed by atoms with van der Waals surface area (Å²) >= 11 is 0. The monoisotopic (exact) mass is 300 g/mol. The number of aliphatic hydroxyl groups is 1. The van der Waals surface area contributed by atoms with Gasteiger partial charge in [0.2, 0.25) is 0 Å². The maximum absolute atomic E-state index is 12.1. The van der Waals surface area contributed by atoms with Gasteiger partial charge in [0.05, 0.1) is 6.10 Å². The fraction of sp³-hybridized carbons (Fsp3) is 0.294. The molecule has 2 N–H and O–H groups in total. The zero-order valence-electron chi connectivity index (χ0n) is 12.7. The molecule has 0 aliphatic carbocycles. The highest BCUT2D eigenvalue weighted by atomic mass is 16.3. The molecule has 2 aromatic rings. The molecule has 0 saturated heterocycles. The highest BCUT2D eigenvalue weighted by Gasteiger charge is 2.15. The molecule has 0 fully saturated rings. The van der Waals surface area contributed by atoms with Gasteiger partial charge >= 0.3 is 0 Å². The Morgan fingerprint density at radius 3 is 2.59 bits per heavy atom. The molecule has 1 heterocycles. The van der Waals surface area contributed by atoms with Gasteiger partial charge in [0, 0.05) is 30.9 Å². The summed E-state index contributed by atoms with van der Waals surface area (Å²) in [5.41, 5.74) is 0.908. The molecule has 2 atom stereocenters. The standard InChI is InChI=1S/C17H20N2O3/c1-12(10-15(20)13-6-4-3-5-7-13)18-17(22)14-8-9-19(2)16(21)11-14/h3-9,11-12,15,20H,10H2,1-2H3,(H,18,22). The smallest absolute Gasteiger partial charge is 0.251 e. The minimum atomic E-state index is -0.639. The Kier molecular flexibility index (Phi) is 5.12. The van der Waals surface area contributed by atoms with Crippen LogP contribution in [0.25, 0.3) is 0 Å². The van der Waals surface area contributed by atoms with E-state index < -0.39 is 6.10 Å². The Balaban J connectivity index is 1.96. The molecule has 22 heavy (non-hydrogen) atoms. The number of hydrogen-bond donors (Lipinski definition) is 2. The van der Waals surface area contributed by atoms with Crippen LogP contribution in [0.4, 0.5) is 0 Å². The molecule has 1 aromatic heterocycles. The van der Waals surface area contributed by atoms with Crippen molar-refractivity contribution < 1.29 is 9.90 Å². The van der Waals surface area contributed by atoms with Gasteiger partial charge in [-0.3, -0.25) is 9.59 Å². The van der Waals surface area contributed by atoms with Gasteiger partial charge in [-0.25, -0.2) is 0 Å². The Morgan fingerprint density at radius 1 is 1.27 bits per heavy atom. The van der Waals surface area contributed by atoms with Gasteiger partial charge in [0.25, 0.3) is 11.5 Å². The van der Waals surface area contributed by atoms with Crippen LogP contribution in [0.5, 0.6) is 0 Å². The predicted octanol–water partition coefficient (Wildman–Crippen LogP) is 1.63. The molecule has 116 valence electrons. The van der Waals surface area contributed by atoms with Gasteiger partial charge in [-0.1, -0.05) is 30.3 Å². The molecule has 0 bridgehead atoms. The van der Waals surface area contributed by atoms with Gasteiger partial charge < -0.3 is 15.0 Å². The SMILES string of the molecule is CC(CC(O)c1ccccc1)NC(=O)c1ccn(C)c(=O)c1. The van der Waals surface area contributed by atoms with Crippen LogP contribution in [0.2, 0.25) is 0 Å². The van der Waals surface area contributed by atoms with Crippen LogP contribution >= 0.6 is 0 Å². The summed E-state index contributed by atoms with van der Waals surface area (Å²) < 4.78 is 1.40. The fourth-order valence-corrected chi connectivity index (χ4v) is 2.20. The van der Waals surface area contributed by atoms with E-state index in [0.717, 1.165) is 5.56 Å². The Labute approximate surface area is 129 Å². The zero-order chi connectivity index (χ0) is 16.1. The third-order valence-electron chi connectivity index (χ3n) is 3.51. The van der Waals surface area contributed by atoms with Gasteiger partial charge in [0.15, 0.2) is 0 Å². The fourth-order valence-electron chi connectivity index (χ4n) is 2.20. The number of amides is 1. The van der Waals surface area contributed by atoms with Gasteiger partial charge in [-0.2, -0.15) is 0 Å². The second-order valence-electron chi connectivity index (χ2n) is 5.40. The first-order valence-electron chi connectivity index (χ1n) is 7.18. The lowest BCUT2D eigenvalue weighted by Crippen LogP contribution is -2.34. The van der Waals surface area contributed by atoms with Crippen LogP contribution in [0.3, 0.4) is 0 Å². The average Bonchev–Trinajstić information content (AvgIpc) is 2.50. The number of aromatic nitrogens is 1. The number of aryl methyl sites for hydroxylation is 1. The van der Waals surface area contributed by atoms with E-state index in [0.29, 0.717) is 12.0 Å². The molecule has 2 unspecified atom stereocenters. The number of rotatable bonds is 5. The van der Waals surface area contributed by atoms with E-state index in [2.05, 4.69) is 5.32 Å². The summed E-state index contributed by atoms with van der Waals surface area (Å²) in [4.78, 5) is 23.6. The predicted molar refractivity (Wildman–Crippen MR) is 84.6 cm³/mol. The quantitative estimate of drug-likeness (QED) is 0.881. The van der Waals surface area contributed by atoms with Crippen LogP contribution in [-0.4, -0.2) is 21.6 Å². The number of aliphatic hydroxyl groups excluding tert-OH is 1. The van der Waals surface area contributed by atoms with E-state index in [1.165, 1.54) is 10.6 Å². The first-order valence-corrected chi connectivity index (χ1v) is 7.18. The normalized spacial score (nSPS) is 13.4. The van der Waals surface area contributed by atoms with Crippen LogP contribution < -0.4 is 10.9 Å². The Morgan fingerprint density at radius 2 is 1.95 bits per heavy atom. The molecule has 5 nitrogen and oxygen atoms in total. The summed E-state index contributed by atoms with van der Waals surface area (Å²) in [6, 6.07) is 12.0. The molecule has 1 aromatic carbocycles. The summed E-state index contributed by atoms with van der Waals surface area (Å²) in [6.45, 7) is 1.82. The van der Waals surface area contributed by atoms with Crippen LogP contribution in [0, 0.1) is 0 Å². The Bertz CT molecular complexity index is 695. The minimum Gasteiger partial charge on any atom is -0.388 e. The lowest BCUT2D eigenvalue weighted by Gasteiger charge is -2.18. The Hall–Kier alpha value is -2.40. The number of nitrogens with zero attached hydrogens (tertiary/aromatic N) is 1. The molecule has 0 saturated carbocycles. The molecular formula is C17H20N2O3. The topological polar surface area (TPSA) is 71.3 Å². The molecular weight excluding hydrogens is 280 g/mol. The molecule has 0 radical (unpaired) electrons. The molecule has 0 aliphatic heterocycles. The number of benzene rings is 1. The number of carbonyl (C=O) groups is 1. The molecule has 0 aliphatic rings. The van der Waals surface area contributed by atoms with Crippen molar-refractivity contribution >= 4 is 5.91 Å². The number of hydrogen-bond acceptors (Lipinski definition) is 3. The van der Waals surface area contributed by atoms with Crippen LogP contribution in [-0.2, 0) is 7.05 Å². The number of pyridine rings is 1. The van der Waals surface area contributed by atoms with Crippen molar-refractivity contribution in [1.29, 1.82) is 0 Å². The third-order valence-corrected chi connectivity index (χ3v) is 3.51. The van der Waals surface area contributed by atoms with Crippen molar-refractivity contribution in [2.45, 2.75) is 25.5 Å². The van der Waals surface area contributed by atoms with Crippen molar-refractivity contribution in [3.05, 3.63) is 70.1 Å². The van der Waals surface area contributed by atoms with Crippen molar-refractivity contribution in [2.24, 2.45) is 7.05 Å². The van der Waals surface area contributed by atoms with E-state index in [1.54, 1.807) is 19.3 Å². The zero-order valence-corrected chi connectivity index (χ0v) is 12.7. The maximum Gasteiger partial charge on any atom is 0.251 e.